The molecular weight excluding hydrogens is 434 g/mol. The van der Waals surface area contributed by atoms with Crippen molar-refractivity contribution in [3.63, 3.8) is 0 Å². The van der Waals surface area contributed by atoms with Crippen LogP contribution in [0.15, 0.2) is 35.7 Å². The van der Waals surface area contributed by atoms with Crippen molar-refractivity contribution in [3.8, 4) is 11.8 Å². The summed E-state index contributed by atoms with van der Waals surface area (Å²) >= 11 is 9.85. The maximum atomic E-state index is 9.07. The minimum atomic E-state index is 0.0686. The van der Waals surface area contributed by atoms with Crippen LogP contribution in [0, 0.1) is 11.8 Å². The lowest BCUT2D eigenvalue weighted by atomic mass is 9.87. The van der Waals surface area contributed by atoms with Crippen LogP contribution in [0.2, 0.25) is 5.15 Å². The maximum absolute atomic E-state index is 9.07. The molecule has 2 atom stereocenters. The van der Waals surface area contributed by atoms with Crippen LogP contribution in [0.1, 0.15) is 46.9 Å². The first-order valence-corrected chi connectivity index (χ1v) is 12.1. The highest BCUT2D eigenvalue weighted by Crippen LogP contribution is 2.43. The number of anilines is 1. The third-order valence-corrected chi connectivity index (χ3v) is 7.58. The van der Waals surface area contributed by atoms with Gasteiger partial charge in [0.1, 0.15) is 10.7 Å². The van der Waals surface area contributed by atoms with Gasteiger partial charge in [0.15, 0.2) is 0 Å². The zero-order valence-corrected chi connectivity index (χ0v) is 18.9. The number of rotatable bonds is 6. The number of hydrogen-bond donors (Lipinski definition) is 3. The molecule has 0 saturated carbocycles. The standard InChI is InChI=1S/C23H24ClN3OS2/c24-20-13-19(26-14-15-7-6-12-29-15)23-21(27-20)17(9-2-1-5-11-28)22(30-23)16-8-3-4-10-18(16)25/h3-4,6-7,12-13,16,18,28H,1,5,8,10-11,14,25H2,(H,26,27)/t16-,18-/m0/s1. The van der Waals surface area contributed by atoms with Crippen molar-refractivity contribution in [2.45, 2.75) is 44.2 Å². The quantitative estimate of drug-likeness (QED) is 0.197. The second-order valence-electron chi connectivity index (χ2n) is 7.29. The smallest absolute Gasteiger partial charge is 0.131 e. The van der Waals surface area contributed by atoms with Crippen molar-refractivity contribution in [2.24, 2.45) is 5.73 Å². The molecule has 30 heavy (non-hydrogen) atoms. The number of aliphatic hydroxyl groups is 1. The predicted octanol–water partition coefficient (Wildman–Crippen LogP) is 5.51. The highest BCUT2D eigenvalue weighted by atomic mass is 35.5. The number of nitrogens with zero attached hydrogens (tertiary/aromatic N) is 1. The summed E-state index contributed by atoms with van der Waals surface area (Å²) in [4.78, 5) is 7.10. The van der Waals surface area contributed by atoms with Gasteiger partial charge in [0.05, 0.1) is 16.0 Å². The Morgan fingerprint density at radius 3 is 2.97 bits per heavy atom. The molecule has 3 aromatic rings. The molecule has 0 aliphatic heterocycles. The van der Waals surface area contributed by atoms with Gasteiger partial charge in [0.2, 0.25) is 0 Å². The molecule has 4 nitrogen and oxygen atoms in total. The Hall–Kier alpha value is -1.88. The molecule has 3 heterocycles. The number of nitrogens with two attached hydrogens (primary N) is 1. The first kappa shape index (κ1) is 21.4. The fourth-order valence-electron chi connectivity index (χ4n) is 3.62. The van der Waals surface area contributed by atoms with Gasteiger partial charge in [-0.15, -0.1) is 22.7 Å². The van der Waals surface area contributed by atoms with E-state index in [9.17, 15) is 0 Å². The second-order valence-corrected chi connectivity index (χ2v) is 9.76. The highest BCUT2D eigenvalue weighted by molar-refractivity contribution is 7.20. The minimum absolute atomic E-state index is 0.0686. The average Bonchev–Trinajstić information content (AvgIpc) is 3.38. The summed E-state index contributed by atoms with van der Waals surface area (Å²) in [5.41, 5.74) is 9.24. The number of unbranched alkanes of at least 4 members (excludes halogenated alkanes) is 1. The third kappa shape index (κ3) is 4.72. The normalized spacial score (nSPS) is 18.4. The molecule has 4 N–H and O–H groups in total. The summed E-state index contributed by atoms with van der Waals surface area (Å²) in [6.45, 7) is 0.884. The monoisotopic (exact) mass is 457 g/mol. The molecule has 1 aliphatic carbocycles. The third-order valence-electron chi connectivity index (χ3n) is 5.16. The van der Waals surface area contributed by atoms with Crippen molar-refractivity contribution in [2.75, 3.05) is 11.9 Å². The molecule has 0 spiro atoms. The molecule has 0 unspecified atom stereocenters. The minimum Gasteiger partial charge on any atom is -0.396 e. The molecule has 3 aromatic heterocycles. The molecule has 1 aliphatic rings. The van der Waals surface area contributed by atoms with Gasteiger partial charge in [-0.05, 0) is 30.7 Å². The van der Waals surface area contributed by atoms with Crippen LogP contribution >= 0.6 is 34.3 Å². The summed E-state index contributed by atoms with van der Waals surface area (Å²) in [6.07, 6.45) is 7.45. The van der Waals surface area contributed by atoms with Gasteiger partial charge in [-0.25, -0.2) is 4.98 Å². The number of allylic oxidation sites excluding steroid dienone is 1. The van der Waals surface area contributed by atoms with E-state index in [-0.39, 0.29) is 18.6 Å². The molecule has 0 aromatic carbocycles. The number of hydrogen-bond acceptors (Lipinski definition) is 6. The number of fused-ring (bicyclic) bond motifs is 1. The van der Waals surface area contributed by atoms with Gasteiger partial charge >= 0.3 is 0 Å². The van der Waals surface area contributed by atoms with E-state index in [1.807, 2.05) is 6.07 Å². The summed E-state index contributed by atoms with van der Waals surface area (Å²) in [7, 11) is 0. The summed E-state index contributed by atoms with van der Waals surface area (Å²) in [5, 5.41) is 15.1. The fourth-order valence-corrected chi connectivity index (χ4v) is 5.83. The number of thiophene rings is 2. The highest BCUT2D eigenvalue weighted by Gasteiger charge is 2.27. The lowest BCUT2D eigenvalue weighted by Gasteiger charge is -2.24. The molecule has 7 heteroatoms. The van der Waals surface area contributed by atoms with E-state index in [0.29, 0.717) is 18.0 Å². The van der Waals surface area contributed by atoms with Crippen molar-refractivity contribution in [1.82, 2.24) is 4.98 Å². The van der Waals surface area contributed by atoms with Gasteiger partial charge in [-0.2, -0.15) is 0 Å². The van der Waals surface area contributed by atoms with E-state index in [0.717, 1.165) is 40.9 Å². The Morgan fingerprint density at radius 2 is 2.20 bits per heavy atom. The van der Waals surface area contributed by atoms with Crippen molar-refractivity contribution in [3.05, 3.63) is 56.2 Å². The SMILES string of the molecule is N[C@H]1CC=CC[C@@H]1c1sc2c(NCc3cccs3)cc(Cl)nc2c1C#CCCCO. The molecule has 0 saturated heterocycles. The van der Waals surface area contributed by atoms with Crippen LogP contribution in [0.4, 0.5) is 5.69 Å². The average molecular weight is 458 g/mol. The Bertz CT molecular complexity index is 1100. The van der Waals surface area contributed by atoms with Gasteiger partial charge in [-0.3, -0.25) is 0 Å². The largest absolute Gasteiger partial charge is 0.396 e. The number of pyridine rings is 1. The summed E-state index contributed by atoms with van der Waals surface area (Å²) in [6, 6.07) is 6.13. The Kier molecular flexibility index (Phi) is 7.08. The predicted molar refractivity (Wildman–Crippen MR) is 129 cm³/mol. The van der Waals surface area contributed by atoms with Crippen molar-refractivity contribution < 1.29 is 5.11 Å². The van der Waals surface area contributed by atoms with E-state index in [4.69, 9.17) is 22.4 Å². The Morgan fingerprint density at radius 1 is 1.33 bits per heavy atom. The van der Waals surface area contributed by atoms with E-state index in [1.165, 1.54) is 9.75 Å². The lowest BCUT2D eigenvalue weighted by Crippen LogP contribution is -2.29. The zero-order chi connectivity index (χ0) is 20.9. The van der Waals surface area contributed by atoms with Crippen LogP contribution in [-0.4, -0.2) is 22.7 Å². The number of aromatic nitrogens is 1. The molecule has 0 radical (unpaired) electrons. The first-order chi connectivity index (χ1) is 14.7. The molecule has 0 amide bonds. The summed E-state index contributed by atoms with van der Waals surface area (Å²) < 4.78 is 1.07. The Balaban J connectivity index is 1.78. The van der Waals surface area contributed by atoms with Crippen molar-refractivity contribution >= 4 is 50.2 Å². The molecule has 0 fully saturated rings. The van der Waals surface area contributed by atoms with Gasteiger partial charge in [-0.1, -0.05) is 41.7 Å². The molecule has 156 valence electrons. The van der Waals surface area contributed by atoms with E-state index in [2.05, 4.69) is 51.8 Å². The van der Waals surface area contributed by atoms with Crippen molar-refractivity contribution in [1.29, 1.82) is 0 Å². The summed E-state index contributed by atoms with van der Waals surface area (Å²) in [5.74, 6) is 6.76. The molecule has 4 rings (SSSR count). The van der Waals surface area contributed by atoms with Crippen LogP contribution in [0.3, 0.4) is 0 Å². The van der Waals surface area contributed by atoms with E-state index >= 15 is 0 Å². The Labute approximate surface area is 189 Å². The van der Waals surface area contributed by atoms with Crippen LogP contribution in [-0.2, 0) is 6.54 Å². The maximum Gasteiger partial charge on any atom is 0.131 e. The fraction of sp³-hybridized carbons (Fsp3) is 0.348. The van der Waals surface area contributed by atoms with E-state index in [1.54, 1.807) is 22.7 Å². The lowest BCUT2D eigenvalue weighted by molar-refractivity contribution is 0.290. The van der Waals surface area contributed by atoms with Crippen LogP contribution in [0.25, 0.3) is 10.2 Å². The zero-order valence-electron chi connectivity index (χ0n) is 16.5. The number of halogens is 1. The van der Waals surface area contributed by atoms with Gasteiger partial charge < -0.3 is 16.2 Å². The molecule has 0 bridgehead atoms. The second kappa shape index (κ2) is 9.95. The molecular formula is C23H24ClN3OS2. The van der Waals surface area contributed by atoms with Crippen LogP contribution in [0.5, 0.6) is 0 Å². The topological polar surface area (TPSA) is 71.2 Å². The van der Waals surface area contributed by atoms with Gasteiger partial charge in [0.25, 0.3) is 0 Å². The van der Waals surface area contributed by atoms with Crippen LogP contribution < -0.4 is 11.1 Å². The number of aliphatic hydroxyl groups excluding tert-OH is 1. The number of nitrogens with one attached hydrogen (secondary N) is 1. The van der Waals surface area contributed by atoms with Gasteiger partial charge in [0, 0.05) is 47.4 Å². The first-order valence-electron chi connectivity index (χ1n) is 10.1. The van der Waals surface area contributed by atoms with E-state index < -0.39 is 0 Å².